The third-order valence-electron chi connectivity index (χ3n) is 3.25. The van der Waals surface area contributed by atoms with Crippen LogP contribution in [0.25, 0.3) is 10.9 Å². The van der Waals surface area contributed by atoms with Crippen LogP contribution >= 0.6 is 0 Å². The molecule has 3 aromatic rings. The van der Waals surface area contributed by atoms with Gasteiger partial charge in [0, 0.05) is 16.5 Å². The number of H-pyrrole nitrogens is 1. The second-order valence-corrected chi connectivity index (χ2v) is 4.67. The van der Waals surface area contributed by atoms with E-state index >= 15 is 0 Å². The van der Waals surface area contributed by atoms with Crippen molar-refractivity contribution in [3.05, 3.63) is 71.4 Å². The lowest BCUT2D eigenvalue weighted by Gasteiger charge is -2.06. The number of fused-ring (bicyclic) bond motifs is 1. The summed E-state index contributed by atoms with van der Waals surface area (Å²) in [7, 11) is 0. The molecular weight excluding hydrogens is 279 g/mol. The fraction of sp³-hybridized carbons (Fsp3) is 0.0625. The van der Waals surface area contributed by atoms with Crippen LogP contribution in [0.2, 0.25) is 0 Å². The first kappa shape index (κ1) is 13.4. The highest BCUT2D eigenvalue weighted by Crippen LogP contribution is 2.29. The molecule has 0 saturated heterocycles. The molecule has 0 fully saturated rings. The largest absolute Gasteiger partial charge is 0.416 e. The highest BCUT2D eigenvalue weighted by molar-refractivity contribution is 6.10. The van der Waals surface area contributed by atoms with Crippen molar-refractivity contribution in [2.24, 2.45) is 0 Å². The molecule has 0 saturated carbocycles. The summed E-state index contributed by atoms with van der Waals surface area (Å²) in [4.78, 5) is 15.2. The minimum absolute atomic E-state index is 0.217. The van der Waals surface area contributed by atoms with Gasteiger partial charge in [0.2, 0.25) is 5.78 Å². The number of halogens is 3. The van der Waals surface area contributed by atoms with Crippen LogP contribution in [0.15, 0.2) is 54.6 Å². The zero-order valence-corrected chi connectivity index (χ0v) is 10.7. The Labute approximate surface area is 118 Å². The van der Waals surface area contributed by atoms with E-state index < -0.39 is 11.7 Å². The Kier molecular flexibility index (Phi) is 3.05. The molecule has 1 aromatic heterocycles. The van der Waals surface area contributed by atoms with Crippen LogP contribution in [-0.4, -0.2) is 10.8 Å². The van der Waals surface area contributed by atoms with Crippen molar-refractivity contribution < 1.29 is 18.0 Å². The van der Waals surface area contributed by atoms with Crippen LogP contribution in [0.5, 0.6) is 0 Å². The molecule has 106 valence electrons. The number of benzene rings is 2. The SMILES string of the molecule is O=C(c1ccc(C(F)(F)F)cc1)c1cc2ccccc2[nH]1. The summed E-state index contributed by atoms with van der Waals surface area (Å²) in [5, 5.41) is 0.882. The van der Waals surface area contributed by atoms with Gasteiger partial charge in [-0.05, 0) is 24.3 Å². The number of ketones is 1. The van der Waals surface area contributed by atoms with Crippen molar-refractivity contribution in [1.29, 1.82) is 0 Å². The first-order valence-electron chi connectivity index (χ1n) is 6.25. The molecule has 0 aliphatic rings. The van der Waals surface area contributed by atoms with Crippen LogP contribution in [0.4, 0.5) is 13.2 Å². The van der Waals surface area contributed by atoms with Crippen molar-refractivity contribution in [2.75, 3.05) is 0 Å². The van der Waals surface area contributed by atoms with Gasteiger partial charge in [0.05, 0.1) is 11.3 Å². The fourth-order valence-electron chi connectivity index (χ4n) is 2.16. The van der Waals surface area contributed by atoms with Crippen LogP contribution < -0.4 is 0 Å². The van der Waals surface area contributed by atoms with Crippen molar-refractivity contribution >= 4 is 16.7 Å². The van der Waals surface area contributed by atoms with Gasteiger partial charge < -0.3 is 4.98 Å². The van der Waals surface area contributed by atoms with Crippen molar-refractivity contribution in [3.8, 4) is 0 Å². The maximum atomic E-state index is 12.5. The predicted octanol–water partition coefficient (Wildman–Crippen LogP) is 4.42. The number of rotatable bonds is 2. The molecule has 0 atom stereocenters. The first-order chi connectivity index (χ1) is 9.95. The Morgan fingerprint density at radius 3 is 2.24 bits per heavy atom. The number of carbonyl (C=O) groups excluding carboxylic acids is 1. The molecule has 3 rings (SSSR count). The third kappa shape index (κ3) is 2.54. The molecule has 2 nitrogen and oxygen atoms in total. The summed E-state index contributed by atoms with van der Waals surface area (Å²) in [6.07, 6.45) is -4.40. The first-order valence-corrected chi connectivity index (χ1v) is 6.25. The van der Waals surface area contributed by atoms with Crippen molar-refractivity contribution in [1.82, 2.24) is 4.98 Å². The van der Waals surface area contributed by atoms with Gasteiger partial charge >= 0.3 is 6.18 Å². The average Bonchev–Trinajstić information content (AvgIpc) is 2.89. The van der Waals surface area contributed by atoms with Crippen LogP contribution in [0.1, 0.15) is 21.6 Å². The van der Waals surface area contributed by atoms with Gasteiger partial charge in [0.1, 0.15) is 0 Å². The zero-order valence-electron chi connectivity index (χ0n) is 10.7. The van der Waals surface area contributed by atoms with Gasteiger partial charge in [-0.1, -0.05) is 30.3 Å². The average molecular weight is 289 g/mol. The summed E-state index contributed by atoms with van der Waals surface area (Å²) in [5.41, 5.74) is 0.619. The normalized spacial score (nSPS) is 11.8. The fourth-order valence-corrected chi connectivity index (χ4v) is 2.16. The van der Waals surface area contributed by atoms with Crippen LogP contribution in [0, 0.1) is 0 Å². The second kappa shape index (κ2) is 4.77. The van der Waals surface area contributed by atoms with Gasteiger partial charge in [-0.2, -0.15) is 13.2 Å². The van der Waals surface area contributed by atoms with Gasteiger partial charge in [-0.25, -0.2) is 0 Å². The number of aromatic nitrogens is 1. The number of para-hydroxylation sites is 1. The highest BCUT2D eigenvalue weighted by atomic mass is 19.4. The topological polar surface area (TPSA) is 32.9 Å². The molecule has 0 spiro atoms. The lowest BCUT2D eigenvalue weighted by molar-refractivity contribution is -0.137. The van der Waals surface area contributed by atoms with E-state index in [1.54, 1.807) is 6.07 Å². The Morgan fingerprint density at radius 2 is 1.62 bits per heavy atom. The van der Waals surface area contributed by atoms with Crippen molar-refractivity contribution in [3.63, 3.8) is 0 Å². The molecule has 0 aliphatic heterocycles. The number of alkyl halides is 3. The summed E-state index contributed by atoms with van der Waals surface area (Å²) in [6, 6.07) is 13.3. The van der Waals surface area contributed by atoms with E-state index in [0.717, 1.165) is 23.0 Å². The summed E-state index contributed by atoms with van der Waals surface area (Å²) in [5.74, 6) is -0.333. The second-order valence-electron chi connectivity index (χ2n) is 4.67. The Bertz CT molecular complexity index is 767. The number of aromatic amines is 1. The Morgan fingerprint density at radius 1 is 0.952 bits per heavy atom. The third-order valence-corrected chi connectivity index (χ3v) is 3.25. The molecule has 1 heterocycles. The molecule has 0 radical (unpaired) electrons. The van der Waals surface area contributed by atoms with E-state index in [-0.39, 0.29) is 11.3 Å². The van der Waals surface area contributed by atoms with E-state index in [9.17, 15) is 18.0 Å². The van der Waals surface area contributed by atoms with Gasteiger partial charge in [0.15, 0.2) is 0 Å². The van der Waals surface area contributed by atoms with E-state index in [0.29, 0.717) is 5.69 Å². The van der Waals surface area contributed by atoms with E-state index in [4.69, 9.17) is 0 Å². The molecule has 0 amide bonds. The summed E-state index contributed by atoms with van der Waals surface area (Å²) in [6.45, 7) is 0. The number of carbonyl (C=O) groups is 1. The lowest BCUT2D eigenvalue weighted by Crippen LogP contribution is -2.06. The van der Waals surface area contributed by atoms with Crippen LogP contribution in [-0.2, 0) is 6.18 Å². The lowest BCUT2D eigenvalue weighted by atomic mass is 10.1. The van der Waals surface area contributed by atoms with Gasteiger partial charge in [0.25, 0.3) is 0 Å². The number of hydrogen-bond acceptors (Lipinski definition) is 1. The molecule has 0 aliphatic carbocycles. The molecule has 5 heteroatoms. The summed E-state index contributed by atoms with van der Waals surface area (Å²) < 4.78 is 37.5. The van der Waals surface area contributed by atoms with E-state index in [2.05, 4.69) is 4.98 Å². The van der Waals surface area contributed by atoms with E-state index in [1.165, 1.54) is 12.1 Å². The maximum Gasteiger partial charge on any atom is 0.416 e. The number of hydrogen-bond donors (Lipinski definition) is 1. The van der Waals surface area contributed by atoms with E-state index in [1.807, 2.05) is 24.3 Å². The molecular formula is C16H10F3NO. The Hall–Kier alpha value is -2.56. The minimum Gasteiger partial charge on any atom is -0.352 e. The summed E-state index contributed by atoms with van der Waals surface area (Å²) >= 11 is 0. The molecule has 2 aromatic carbocycles. The quantitative estimate of drug-likeness (QED) is 0.696. The monoisotopic (exact) mass is 289 g/mol. The molecule has 1 N–H and O–H groups in total. The molecule has 0 unspecified atom stereocenters. The van der Waals surface area contributed by atoms with Gasteiger partial charge in [-0.3, -0.25) is 4.79 Å². The number of nitrogens with one attached hydrogen (secondary N) is 1. The minimum atomic E-state index is -4.40. The standard InChI is InChI=1S/C16H10F3NO/c17-16(18,19)12-7-5-10(6-8-12)15(21)14-9-11-3-1-2-4-13(11)20-14/h1-9,20H. The predicted molar refractivity (Wildman–Crippen MR) is 73.2 cm³/mol. The zero-order chi connectivity index (χ0) is 15.0. The smallest absolute Gasteiger partial charge is 0.352 e. The highest BCUT2D eigenvalue weighted by Gasteiger charge is 2.30. The maximum absolute atomic E-state index is 12.5. The molecule has 0 bridgehead atoms. The van der Waals surface area contributed by atoms with Gasteiger partial charge in [-0.15, -0.1) is 0 Å². The molecule has 21 heavy (non-hydrogen) atoms. The van der Waals surface area contributed by atoms with Crippen LogP contribution in [0.3, 0.4) is 0 Å². The Balaban J connectivity index is 1.94. The van der Waals surface area contributed by atoms with Crippen molar-refractivity contribution in [2.45, 2.75) is 6.18 Å².